The first-order valence-electron chi connectivity index (χ1n) is 10.9. The summed E-state index contributed by atoms with van der Waals surface area (Å²) in [6.07, 6.45) is 1.64. The number of hydrogen-bond donors (Lipinski definition) is 1. The second kappa shape index (κ2) is 13.3. The molecule has 1 unspecified atom stereocenters. The molecule has 1 atom stereocenters. The van der Waals surface area contributed by atoms with Gasteiger partial charge < -0.3 is 24.6 Å². The molecule has 1 aromatic carbocycles. The second-order valence-electron chi connectivity index (χ2n) is 7.78. The summed E-state index contributed by atoms with van der Waals surface area (Å²) < 4.78 is 11.3. The summed E-state index contributed by atoms with van der Waals surface area (Å²) >= 11 is 6.02. The van der Waals surface area contributed by atoms with E-state index in [-0.39, 0.29) is 41.9 Å². The van der Waals surface area contributed by atoms with Crippen LogP contribution in [-0.4, -0.2) is 80.3 Å². The molecule has 0 bridgehead atoms. The van der Waals surface area contributed by atoms with Gasteiger partial charge in [-0.3, -0.25) is 4.79 Å². The van der Waals surface area contributed by atoms with Gasteiger partial charge in [-0.15, -0.1) is 24.0 Å². The third kappa shape index (κ3) is 7.98. The summed E-state index contributed by atoms with van der Waals surface area (Å²) in [5.41, 5.74) is 0. The lowest BCUT2D eigenvalue weighted by Crippen LogP contribution is -2.50. The number of halogens is 2. The number of amides is 1. The number of morpholine rings is 1. The number of nitrogens with zero attached hydrogens (tertiary/aromatic N) is 3. The number of piperidine rings is 1. The monoisotopic (exact) mass is 564 g/mol. The number of hydrogen-bond acceptors (Lipinski definition) is 4. The molecule has 3 rings (SSSR count). The fourth-order valence-electron chi connectivity index (χ4n) is 3.83. The number of nitrogens with one attached hydrogen (secondary N) is 1. The van der Waals surface area contributed by atoms with Crippen LogP contribution in [0.3, 0.4) is 0 Å². The number of guanidine groups is 1. The van der Waals surface area contributed by atoms with Gasteiger partial charge in [-0.05, 0) is 44.9 Å². The predicted molar refractivity (Wildman–Crippen MR) is 135 cm³/mol. The van der Waals surface area contributed by atoms with Crippen LogP contribution >= 0.6 is 35.6 Å². The summed E-state index contributed by atoms with van der Waals surface area (Å²) in [6, 6.07) is 7.41. The molecular weight excluding hydrogens is 531 g/mol. The Hall–Kier alpha value is -1.26. The molecule has 7 nitrogen and oxygen atoms in total. The molecule has 2 saturated heterocycles. The van der Waals surface area contributed by atoms with Crippen LogP contribution in [0.5, 0.6) is 5.75 Å². The minimum atomic E-state index is -0.0717. The highest BCUT2D eigenvalue weighted by molar-refractivity contribution is 14.0. The molecule has 31 heavy (non-hydrogen) atoms. The average Bonchev–Trinajstić information content (AvgIpc) is 2.77. The van der Waals surface area contributed by atoms with Gasteiger partial charge in [0.25, 0.3) is 0 Å². The Kier molecular flexibility index (Phi) is 11.2. The van der Waals surface area contributed by atoms with E-state index in [4.69, 9.17) is 26.1 Å². The topological polar surface area (TPSA) is 66.4 Å². The van der Waals surface area contributed by atoms with E-state index in [1.807, 2.05) is 36.1 Å². The van der Waals surface area contributed by atoms with E-state index in [0.29, 0.717) is 37.9 Å². The highest BCUT2D eigenvalue weighted by atomic mass is 127. The number of benzene rings is 1. The molecule has 2 heterocycles. The molecule has 0 saturated carbocycles. The zero-order chi connectivity index (χ0) is 21.3. The normalized spacial score (nSPS) is 18.9. The maximum absolute atomic E-state index is 12.7. The van der Waals surface area contributed by atoms with E-state index in [2.05, 4.69) is 17.1 Å². The Morgan fingerprint density at radius 3 is 2.61 bits per heavy atom. The quantitative estimate of drug-likeness (QED) is 0.327. The lowest BCUT2D eigenvalue weighted by molar-refractivity contribution is -0.140. The second-order valence-corrected chi connectivity index (χ2v) is 8.22. The Balaban J connectivity index is 0.00000341. The van der Waals surface area contributed by atoms with Crippen molar-refractivity contribution in [3.63, 3.8) is 0 Å². The Morgan fingerprint density at radius 2 is 1.97 bits per heavy atom. The fraction of sp³-hybridized carbons (Fsp3) is 0.636. The molecule has 1 N–H and O–H groups in total. The molecule has 0 aromatic heterocycles. The number of ether oxygens (including phenoxy) is 2. The number of aliphatic imine (C=N–C) groups is 1. The van der Waals surface area contributed by atoms with Crippen molar-refractivity contribution in [1.29, 1.82) is 0 Å². The summed E-state index contributed by atoms with van der Waals surface area (Å²) in [6.45, 7) is 9.80. The first kappa shape index (κ1) is 26.0. The number of carbonyl (C=O) groups excluding carboxylic acids is 1. The van der Waals surface area contributed by atoms with Gasteiger partial charge >= 0.3 is 0 Å². The third-order valence-electron chi connectivity index (χ3n) is 5.43. The van der Waals surface area contributed by atoms with Gasteiger partial charge in [0.05, 0.1) is 19.8 Å². The molecule has 174 valence electrons. The Morgan fingerprint density at radius 1 is 1.26 bits per heavy atom. The van der Waals surface area contributed by atoms with Crippen LogP contribution in [0.1, 0.15) is 26.7 Å². The molecule has 1 aromatic rings. The van der Waals surface area contributed by atoms with Gasteiger partial charge in [-0.25, -0.2) is 4.99 Å². The number of likely N-dealkylation sites (tertiary alicyclic amines) is 1. The highest BCUT2D eigenvalue weighted by Crippen LogP contribution is 2.21. The van der Waals surface area contributed by atoms with Crippen molar-refractivity contribution in [3.05, 3.63) is 29.3 Å². The van der Waals surface area contributed by atoms with Gasteiger partial charge in [-0.1, -0.05) is 17.7 Å². The molecule has 2 aliphatic heterocycles. The van der Waals surface area contributed by atoms with Gasteiger partial charge in [0.2, 0.25) is 5.91 Å². The lowest BCUT2D eigenvalue weighted by atomic mass is 9.95. The van der Waals surface area contributed by atoms with E-state index in [1.165, 1.54) is 0 Å². The highest BCUT2D eigenvalue weighted by Gasteiger charge is 2.30. The van der Waals surface area contributed by atoms with E-state index >= 15 is 0 Å². The minimum Gasteiger partial charge on any atom is -0.489 e. The van der Waals surface area contributed by atoms with Crippen molar-refractivity contribution >= 4 is 47.4 Å². The van der Waals surface area contributed by atoms with Crippen LogP contribution in [0, 0.1) is 5.92 Å². The van der Waals surface area contributed by atoms with Crippen molar-refractivity contribution in [2.24, 2.45) is 10.9 Å². The average molecular weight is 565 g/mol. The summed E-state index contributed by atoms with van der Waals surface area (Å²) in [4.78, 5) is 21.7. The molecule has 2 aliphatic rings. The Labute approximate surface area is 207 Å². The van der Waals surface area contributed by atoms with Crippen molar-refractivity contribution in [2.45, 2.75) is 32.8 Å². The standard InChI is InChI=1S/C22H33ClN4O3.HI/c1-3-24-22(25-16-17(2)30-20-6-4-5-19(23)15-20)27-9-7-18(8-10-27)21(28)26-11-13-29-14-12-26;/h4-6,15,17-18H,3,7-14,16H2,1-2H3,(H,24,25);1H. The summed E-state index contributed by atoms with van der Waals surface area (Å²) in [5.74, 6) is 2.02. The van der Waals surface area contributed by atoms with E-state index < -0.39 is 0 Å². The van der Waals surface area contributed by atoms with Gasteiger partial charge in [0.1, 0.15) is 11.9 Å². The van der Waals surface area contributed by atoms with E-state index in [9.17, 15) is 4.79 Å². The summed E-state index contributed by atoms with van der Waals surface area (Å²) in [7, 11) is 0. The molecule has 1 amide bonds. The minimum absolute atomic E-state index is 0. The van der Waals surface area contributed by atoms with E-state index in [1.54, 1.807) is 0 Å². The summed E-state index contributed by atoms with van der Waals surface area (Å²) in [5, 5.41) is 4.03. The molecule has 0 aliphatic carbocycles. The van der Waals surface area contributed by atoms with E-state index in [0.717, 1.165) is 44.2 Å². The van der Waals surface area contributed by atoms with Crippen molar-refractivity contribution in [1.82, 2.24) is 15.1 Å². The van der Waals surface area contributed by atoms with Crippen LogP contribution in [0.25, 0.3) is 0 Å². The lowest BCUT2D eigenvalue weighted by Gasteiger charge is -2.36. The number of carbonyl (C=O) groups is 1. The van der Waals surface area contributed by atoms with Crippen molar-refractivity contribution < 1.29 is 14.3 Å². The van der Waals surface area contributed by atoms with Crippen molar-refractivity contribution in [2.75, 3.05) is 52.5 Å². The first-order chi connectivity index (χ1) is 14.6. The van der Waals surface area contributed by atoms with Crippen LogP contribution in [-0.2, 0) is 9.53 Å². The smallest absolute Gasteiger partial charge is 0.225 e. The van der Waals surface area contributed by atoms with Crippen LogP contribution in [0.2, 0.25) is 5.02 Å². The maximum atomic E-state index is 12.7. The predicted octanol–water partition coefficient (Wildman–Crippen LogP) is 3.26. The van der Waals surface area contributed by atoms with Crippen LogP contribution in [0.4, 0.5) is 0 Å². The van der Waals surface area contributed by atoms with Gasteiger partial charge in [0.15, 0.2) is 5.96 Å². The SMILES string of the molecule is CCNC(=NCC(C)Oc1cccc(Cl)c1)N1CCC(C(=O)N2CCOCC2)CC1.I. The largest absolute Gasteiger partial charge is 0.489 e. The Bertz CT molecular complexity index is 722. The number of rotatable bonds is 6. The van der Waals surface area contributed by atoms with Crippen molar-refractivity contribution in [3.8, 4) is 5.75 Å². The molecule has 0 radical (unpaired) electrons. The van der Waals surface area contributed by atoms with Crippen LogP contribution in [0.15, 0.2) is 29.3 Å². The zero-order valence-electron chi connectivity index (χ0n) is 18.4. The molecular formula is C22H34ClIN4O3. The molecule has 2 fully saturated rings. The first-order valence-corrected chi connectivity index (χ1v) is 11.3. The van der Waals surface area contributed by atoms with Gasteiger partial charge in [-0.2, -0.15) is 0 Å². The van der Waals surface area contributed by atoms with Gasteiger partial charge in [0, 0.05) is 43.7 Å². The fourth-order valence-corrected chi connectivity index (χ4v) is 4.01. The molecule has 0 spiro atoms. The molecule has 9 heteroatoms. The maximum Gasteiger partial charge on any atom is 0.225 e. The third-order valence-corrected chi connectivity index (χ3v) is 5.67. The zero-order valence-corrected chi connectivity index (χ0v) is 21.5. The van der Waals surface area contributed by atoms with Crippen LogP contribution < -0.4 is 10.1 Å².